The molecular weight excluding hydrogens is 273 g/mol. The van der Waals surface area contributed by atoms with Gasteiger partial charge < -0.3 is 5.32 Å². The highest BCUT2D eigenvalue weighted by Gasteiger charge is 2.03. The first kappa shape index (κ1) is 12.7. The van der Waals surface area contributed by atoms with Crippen molar-refractivity contribution >= 4 is 40.2 Å². The van der Waals surface area contributed by atoms with Crippen LogP contribution in [-0.2, 0) is 6.54 Å². The molecule has 17 heavy (non-hydrogen) atoms. The molecule has 0 saturated heterocycles. The summed E-state index contributed by atoms with van der Waals surface area (Å²) in [5.74, 6) is 0. The van der Waals surface area contributed by atoms with Crippen LogP contribution in [0.4, 0.5) is 5.69 Å². The molecule has 0 amide bonds. The Balaban J connectivity index is 2.09. The Morgan fingerprint density at radius 2 is 1.71 bits per heavy atom. The molecule has 1 nitrogen and oxygen atoms in total. The van der Waals surface area contributed by atoms with Gasteiger partial charge in [-0.3, -0.25) is 0 Å². The molecule has 0 saturated carbocycles. The Bertz CT molecular complexity index is 514. The van der Waals surface area contributed by atoms with E-state index >= 15 is 0 Å². The van der Waals surface area contributed by atoms with Crippen LogP contribution in [0.1, 0.15) is 15.3 Å². The zero-order chi connectivity index (χ0) is 12.4. The zero-order valence-electron chi connectivity index (χ0n) is 9.68. The van der Waals surface area contributed by atoms with Gasteiger partial charge in [0.2, 0.25) is 0 Å². The summed E-state index contributed by atoms with van der Waals surface area (Å²) in [6.45, 7) is 5.06. The lowest BCUT2D eigenvalue weighted by Gasteiger charge is -2.07. The molecular formula is C13H13Cl2NS. The Kier molecular flexibility index (Phi) is 3.97. The molecule has 0 aliphatic rings. The summed E-state index contributed by atoms with van der Waals surface area (Å²) in [6.07, 6.45) is 0. The highest BCUT2D eigenvalue weighted by molar-refractivity contribution is 7.12. The van der Waals surface area contributed by atoms with Gasteiger partial charge in [-0.15, -0.1) is 11.3 Å². The molecule has 4 heteroatoms. The average molecular weight is 286 g/mol. The van der Waals surface area contributed by atoms with Gasteiger partial charge in [0.1, 0.15) is 0 Å². The van der Waals surface area contributed by atoms with Crippen LogP contribution in [0.15, 0.2) is 24.3 Å². The predicted octanol–water partition coefficient (Wildman–Crippen LogP) is 5.28. The van der Waals surface area contributed by atoms with Crippen molar-refractivity contribution in [3.8, 4) is 0 Å². The van der Waals surface area contributed by atoms with Crippen molar-refractivity contribution in [2.45, 2.75) is 20.4 Å². The van der Waals surface area contributed by atoms with E-state index in [9.17, 15) is 0 Å². The number of anilines is 1. The Labute approximate surface area is 115 Å². The SMILES string of the molecule is Cc1cc(CNc2cc(Cl)cc(Cl)c2)c(C)s1. The molecule has 90 valence electrons. The second kappa shape index (κ2) is 5.30. The number of hydrogen-bond donors (Lipinski definition) is 1. The zero-order valence-corrected chi connectivity index (χ0v) is 12.0. The van der Waals surface area contributed by atoms with E-state index in [0.717, 1.165) is 12.2 Å². The van der Waals surface area contributed by atoms with E-state index in [1.165, 1.54) is 15.3 Å². The Hall–Kier alpha value is -0.700. The number of thiophene rings is 1. The van der Waals surface area contributed by atoms with Gasteiger partial charge in [-0.05, 0) is 43.7 Å². The lowest BCUT2D eigenvalue weighted by Crippen LogP contribution is -1.99. The van der Waals surface area contributed by atoms with Crippen molar-refractivity contribution in [2.24, 2.45) is 0 Å². The van der Waals surface area contributed by atoms with Crippen molar-refractivity contribution < 1.29 is 0 Å². The van der Waals surface area contributed by atoms with E-state index < -0.39 is 0 Å². The van der Waals surface area contributed by atoms with E-state index in [1.807, 2.05) is 23.5 Å². The molecule has 0 aliphatic heterocycles. The first-order valence-corrected chi connectivity index (χ1v) is 6.88. The fraction of sp³-hybridized carbons (Fsp3) is 0.231. The van der Waals surface area contributed by atoms with E-state index in [1.54, 1.807) is 6.07 Å². The van der Waals surface area contributed by atoms with Gasteiger partial charge in [0.25, 0.3) is 0 Å². The molecule has 1 aromatic carbocycles. The quantitative estimate of drug-likeness (QED) is 0.809. The standard InChI is InChI=1S/C13H13Cl2NS/c1-8-3-10(9(2)17-8)7-16-13-5-11(14)4-12(15)6-13/h3-6,16H,7H2,1-2H3. The van der Waals surface area contributed by atoms with Gasteiger partial charge in [0.15, 0.2) is 0 Å². The van der Waals surface area contributed by atoms with Gasteiger partial charge in [-0.2, -0.15) is 0 Å². The van der Waals surface area contributed by atoms with Crippen LogP contribution < -0.4 is 5.32 Å². The lowest BCUT2D eigenvalue weighted by atomic mass is 10.2. The largest absolute Gasteiger partial charge is 0.381 e. The Morgan fingerprint density at radius 1 is 1.06 bits per heavy atom. The molecule has 0 bridgehead atoms. The first-order chi connectivity index (χ1) is 8.04. The smallest absolute Gasteiger partial charge is 0.0441 e. The van der Waals surface area contributed by atoms with E-state index in [2.05, 4.69) is 25.2 Å². The minimum Gasteiger partial charge on any atom is -0.381 e. The molecule has 2 aromatic rings. The predicted molar refractivity (Wildman–Crippen MR) is 77.6 cm³/mol. The van der Waals surface area contributed by atoms with Crippen molar-refractivity contribution in [1.29, 1.82) is 0 Å². The van der Waals surface area contributed by atoms with Crippen LogP contribution in [-0.4, -0.2) is 0 Å². The Morgan fingerprint density at radius 3 is 2.24 bits per heavy atom. The molecule has 1 aromatic heterocycles. The maximum Gasteiger partial charge on any atom is 0.0441 e. The normalized spacial score (nSPS) is 10.6. The minimum absolute atomic E-state index is 0.651. The summed E-state index contributed by atoms with van der Waals surface area (Å²) in [7, 11) is 0. The average Bonchev–Trinajstić information content (AvgIpc) is 2.53. The molecule has 1 heterocycles. The monoisotopic (exact) mass is 285 g/mol. The summed E-state index contributed by atoms with van der Waals surface area (Å²) in [6, 6.07) is 7.69. The van der Waals surface area contributed by atoms with Crippen molar-refractivity contribution in [3.05, 3.63) is 49.6 Å². The lowest BCUT2D eigenvalue weighted by molar-refractivity contribution is 1.14. The summed E-state index contributed by atoms with van der Waals surface area (Å²) >= 11 is 13.7. The fourth-order valence-electron chi connectivity index (χ4n) is 1.71. The topological polar surface area (TPSA) is 12.0 Å². The van der Waals surface area contributed by atoms with Crippen molar-refractivity contribution in [1.82, 2.24) is 0 Å². The van der Waals surface area contributed by atoms with Crippen LogP contribution in [0, 0.1) is 13.8 Å². The third-order valence-corrected chi connectivity index (χ3v) is 3.93. The maximum absolute atomic E-state index is 5.94. The van der Waals surface area contributed by atoms with Gasteiger partial charge in [0, 0.05) is 32.0 Å². The number of nitrogens with one attached hydrogen (secondary N) is 1. The van der Waals surface area contributed by atoms with Gasteiger partial charge in [-0.25, -0.2) is 0 Å². The molecule has 0 spiro atoms. The molecule has 2 rings (SSSR count). The summed E-state index contributed by atoms with van der Waals surface area (Å²) in [5, 5.41) is 4.64. The van der Waals surface area contributed by atoms with E-state index in [-0.39, 0.29) is 0 Å². The second-order valence-electron chi connectivity index (χ2n) is 3.95. The van der Waals surface area contributed by atoms with Gasteiger partial charge in [0.05, 0.1) is 0 Å². The van der Waals surface area contributed by atoms with E-state index in [0.29, 0.717) is 10.0 Å². The van der Waals surface area contributed by atoms with Crippen LogP contribution in [0.3, 0.4) is 0 Å². The highest BCUT2D eigenvalue weighted by Crippen LogP contribution is 2.25. The molecule has 1 N–H and O–H groups in total. The molecule has 0 fully saturated rings. The molecule has 0 aliphatic carbocycles. The molecule has 0 radical (unpaired) electrons. The van der Waals surface area contributed by atoms with Crippen LogP contribution in [0.5, 0.6) is 0 Å². The van der Waals surface area contributed by atoms with Crippen LogP contribution in [0.2, 0.25) is 10.0 Å². The van der Waals surface area contributed by atoms with Crippen molar-refractivity contribution in [2.75, 3.05) is 5.32 Å². The molecule has 0 unspecified atom stereocenters. The summed E-state index contributed by atoms with van der Waals surface area (Å²) in [4.78, 5) is 2.69. The third-order valence-electron chi connectivity index (χ3n) is 2.49. The van der Waals surface area contributed by atoms with Crippen molar-refractivity contribution in [3.63, 3.8) is 0 Å². The summed E-state index contributed by atoms with van der Waals surface area (Å²) in [5.41, 5.74) is 2.27. The third kappa shape index (κ3) is 3.38. The summed E-state index contributed by atoms with van der Waals surface area (Å²) < 4.78 is 0. The number of hydrogen-bond acceptors (Lipinski definition) is 2. The fourth-order valence-corrected chi connectivity index (χ4v) is 3.18. The second-order valence-corrected chi connectivity index (χ2v) is 6.28. The number of halogens is 2. The van der Waals surface area contributed by atoms with E-state index in [4.69, 9.17) is 23.2 Å². The highest BCUT2D eigenvalue weighted by atomic mass is 35.5. The number of aryl methyl sites for hydroxylation is 2. The number of rotatable bonds is 3. The molecule has 0 atom stereocenters. The van der Waals surface area contributed by atoms with Gasteiger partial charge in [-0.1, -0.05) is 23.2 Å². The minimum atomic E-state index is 0.651. The number of benzene rings is 1. The maximum atomic E-state index is 5.94. The first-order valence-electron chi connectivity index (χ1n) is 5.30. The van der Waals surface area contributed by atoms with Crippen LogP contribution >= 0.6 is 34.5 Å². The van der Waals surface area contributed by atoms with Crippen LogP contribution in [0.25, 0.3) is 0 Å². The van der Waals surface area contributed by atoms with Gasteiger partial charge >= 0.3 is 0 Å².